The zero-order valence-corrected chi connectivity index (χ0v) is 13.3. The van der Waals surface area contributed by atoms with Crippen LogP contribution in [0.3, 0.4) is 0 Å². The van der Waals surface area contributed by atoms with Crippen LogP contribution in [0.15, 0.2) is 24.3 Å². The normalized spacial score (nSPS) is 15.0. The van der Waals surface area contributed by atoms with Gasteiger partial charge in [0.15, 0.2) is 5.41 Å². The van der Waals surface area contributed by atoms with Gasteiger partial charge in [0, 0.05) is 5.02 Å². The Kier molecular flexibility index (Phi) is 6.21. The Hall–Kier alpha value is -1.55. The number of esters is 1. The molecular formula is C16H21ClO4. The first-order valence-corrected chi connectivity index (χ1v) is 7.42. The van der Waals surface area contributed by atoms with Crippen molar-refractivity contribution in [3.05, 3.63) is 34.9 Å². The van der Waals surface area contributed by atoms with Crippen molar-refractivity contribution in [2.24, 2.45) is 5.92 Å². The molecule has 1 aromatic carbocycles. The second-order valence-corrected chi connectivity index (χ2v) is 5.60. The Bertz CT molecular complexity index is 515. The third-order valence-electron chi connectivity index (χ3n) is 3.66. The lowest BCUT2D eigenvalue weighted by Gasteiger charge is -2.30. The lowest BCUT2D eigenvalue weighted by Crippen LogP contribution is -2.46. The molecule has 0 bridgehead atoms. The van der Waals surface area contributed by atoms with Gasteiger partial charge in [-0.05, 0) is 37.0 Å². The summed E-state index contributed by atoms with van der Waals surface area (Å²) in [4.78, 5) is 24.4. The maximum atomic E-state index is 12.4. The van der Waals surface area contributed by atoms with E-state index in [0.29, 0.717) is 10.6 Å². The predicted molar refractivity (Wildman–Crippen MR) is 81.5 cm³/mol. The second kappa shape index (κ2) is 7.46. The molecule has 0 aliphatic carbocycles. The van der Waals surface area contributed by atoms with Crippen LogP contribution in [0.5, 0.6) is 0 Å². The van der Waals surface area contributed by atoms with E-state index in [2.05, 4.69) is 0 Å². The Balaban J connectivity index is 3.43. The number of rotatable bonds is 7. The first-order chi connectivity index (χ1) is 9.88. The SMILES string of the molecule is CCOC(=O)C(CC(C)CC)(C(=O)O)c1cccc(Cl)c1. The summed E-state index contributed by atoms with van der Waals surface area (Å²) in [5, 5.41) is 10.2. The molecular weight excluding hydrogens is 292 g/mol. The zero-order valence-electron chi connectivity index (χ0n) is 12.6. The lowest BCUT2D eigenvalue weighted by molar-refractivity contribution is -0.162. The summed E-state index contributed by atoms with van der Waals surface area (Å²) in [6, 6.07) is 6.42. The molecule has 1 N–H and O–H groups in total. The quantitative estimate of drug-likeness (QED) is 0.616. The number of carboxylic acids is 1. The number of benzene rings is 1. The predicted octanol–water partition coefficient (Wildman–Crippen LogP) is 3.66. The van der Waals surface area contributed by atoms with Gasteiger partial charge in [-0.15, -0.1) is 0 Å². The average Bonchev–Trinajstić information content (AvgIpc) is 2.44. The van der Waals surface area contributed by atoms with E-state index in [9.17, 15) is 14.7 Å². The third-order valence-corrected chi connectivity index (χ3v) is 3.89. The van der Waals surface area contributed by atoms with Crippen LogP contribution in [0.25, 0.3) is 0 Å². The molecule has 1 rings (SSSR count). The van der Waals surface area contributed by atoms with E-state index in [0.717, 1.165) is 6.42 Å². The molecule has 1 aromatic rings. The molecule has 0 heterocycles. The van der Waals surface area contributed by atoms with Crippen molar-refractivity contribution in [1.29, 1.82) is 0 Å². The maximum absolute atomic E-state index is 12.4. The van der Waals surface area contributed by atoms with Gasteiger partial charge in [0.05, 0.1) is 6.61 Å². The molecule has 0 aliphatic rings. The van der Waals surface area contributed by atoms with Crippen molar-refractivity contribution in [3.63, 3.8) is 0 Å². The molecule has 4 nitrogen and oxygen atoms in total. The molecule has 0 aliphatic heterocycles. The summed E-state index contributed by atoms with van der Waals surface area (Å²) in [7, 11) is 0. The van der Waals surface area contributed by atoms with Crippen LogP contribution in [0, 0.1) is 5.92 Å². The second-order valence-electron chi connectivity index (χ2n) is 5.16. The van der Waals surface area contributed by atoms with Crippen LogP contribution in [-0.2, 0) is 19.7 Å². The van der Waals surface area contributed by atoms with Gasteiger partial charge < -0.3 is 9.84 Å². The molecule has 0 radical (unpaired) electrons. The Morgan fingerprint density at radius 2 is 2.05 bits per heavy atom. The summed E-state index contributed by atoms with van der Waals surface area (Å²) in [6.45, 7) is 5.67. The number of aliphatic carboxylic acids is 1. The minimum atomic E-state index is -1.71. The van der Waals surface area contributed by atoms with Gasteiger partial charge in [-0.2, -0.15) is 0 Å². The van der Waals surface area contributed by atoms with Crippen molar-refractivity contribution in [2.45, 2.75) is 39.0 Å². The van der Waals surface area contributed by atoms with Gasteiger partial charge in [0.1, 0.15) is 0 Å². The fourth-order valence-electron chi connectivity index (χ4n) is 2.29. The van der Waals surface area contributed by atoms with Crippen molar-refractivity contribution < 1.29 is 19.4 Å². The minimum Gasteiger partial charge on any atom is -0.480 e. The molecule has 0 aromatic heterocycles. The van der Waals surface area contributed by atoms with Crippen molar-refractivity contribution in [1.82, 2.24) is 0 Å². The first kappa shape index (κ1) is 17.5. The Morgan fingerprint density at radius 3 is 2.52 bits per heavy atom. The third kappa shape index (κ3) is 3.76. The van der Waals surface area contributed by atoms with Gasteiger partial charge in [-0.1, -0.05) is 44.0 Å². The van der Waals surface area contributed by atoms with Crippen LogP contribution in [-0.4, -0.2) is 23.7 Å². The lowest BCUT2D eigenvalue weighted by atomic mass is 9.73. The van der Waals surface area contributed by atoms with Crippen LogP contribution < -0.4 is 0 Å². The number of hydrogen-bond acceptors (Lipinski definition) is 3. The molecule has 2 unspecified atom stereocenters. The first-order valence-electron chi connectivity index (χ1n) is 7.05. The molecule has 0 spiro atoms. The topological polar surface area (TPSA) is 63.6 Å². The van der Waals surface area contributed by atoms with Gasteiger partial charge in [0.2, 0.25) is 0 Å². The van der Waals surface area contributed by atoms with Gasteiger partial charge >= 0.3 is 11.9 Å². The summed E-state index contributed by atoms with van der Waals surface area (Å²) >= 11 is 5.96. The monoisotopic (exact) mass is 312 g/mol. The number of carbonyl (C=O) groups is 2. The Labute approximate surface area is 130 Å². The molecule has 0 saturated heterocycles. The molecule has 2 atom stereocenters. The van der Waals surface area contributed by atoms with E-state index in [1.54, 1.807) is 25.1 Å². The summed E-state index contributed by atoms with van der Waals surface area (Å²) in [6.07, 6.45) is 0.951. The van der Waals surface area contributed by atoms with Gasteiger partial charge in [-0.25, -0.2) is 0 Å². The molecule has 0 saturated carbocycles. The molecule has 21 heavy (non-hydrogen) atoms. The molecule has 116 valence electrons. The van der Waals surface area contributed by atoms with E-state index in [4.69, 9.17) is 16.3 Å². The number of hydrogen-bond donors (Lipinski definition) is 1. The summed E-state index contributed by atoms with van der Waals surface area (Å²) in [5.41, 5.74) is -1.35. The minimum absolute atomic E-state index is 0.0597. The summed E-state index contributed by atoms with van der Waals surface area (Å²) < 4.78 is 5.05. The van der Waals surface area contributed by atoms with Gasteiger partial charge in [-0.3, -0.25) is 9.59 Å². The zero-order chi connectivity index (χ0) is 16.0. The highest BCUT2D eigenvalue weighted by Gasteiger charge is 2.50. The largest absolute Gasteiger partial charge is 0.480 e. The van der Waals surface area contributed by atoms with Crippen molar-refractivity contribution >= 4 is 23.5 Å². The highest BCUT2D eigenvalue weighted by Crippen LogP contribution is 2.35. The number of carbonyl (C=O) groups excluding carboxylic acids is 1. The number of carboxylic acid groups (broad SMARTS) is 1. The van der Waals surface area contributed by atoms with Crippen LogP contribution in [0.4, 0.5) is 0 Å². The van der Waals surface area contributed by atoms with Crippen LogP contribution in [0.2, 0.25) is 5.02 Å². The molecule has 0 fully saturated rings. The van der Waals surface area contributed by atoms with E-state index >= 15 is 0 Å². The van der Waals surface area contributed by atoms with Gasteiger partial charge in [0.25, 0.3) is 0 Å². The smallest absolute Gasteiger partial charge is 0.328 e. The highest BCUT2D eigenvalue weighted by atomic mass is 35.5. The van der Waals surface area contributed by atoms with E-state index in [1.807, 2.05) is 13.8 Å². The van der Waals surface area contributed by atoms with E-state index in [-0.39, 0.29) is 18.9 Å². The molecule has 0 amide bonds. The summed E-state index contributed by atoms with van der Waals surface area (Å²) in [5.74, 6) is -1.88. The maximum Gasteiger partial charge on any atom is 0.328 e. The van der Waals surface area contributed by atoms with Crippen molar-refractivity contribution in [3.8, 4) is 0 Å². The average molecular weight is 313 g/mol. The van der Waals surface area contributed by atoms with E-state index < -0.39 is 17.4 Å². The van der Waals surface area contributed by atoms with E-state index in [1.165, 1.54) is 6.07 Å². The fourth-order valence-corrected chi connectivity index (χ4v) is 2.48. The number of ether oxygens (including phenoxy) is 1. The van der Waals surface area contributed by atoms with Crippen LogP contribution >= 0.6 is 11.6 Å². The standard InChI is InChI=1S/C16H21ClO4/c1-4-11(3)10-16(14(18)19,15(20)21-5-2)12-7-6-8-13(17)9-12/h6-9,11H,4-5,10H2,1-3H3,(H,18,19). The van der Waals surface area contributed by atoms with Crippen LogP contribution in [0.1, 0.15) is 39.2 Å². The molecule has 5 heteroatoms. The Morgan fingerprint density at radius 1 is 1.38 bits per heavy atom. The highest BCUT2D eigenvalue weighted by molar-refractivity contribution is 6.30. The van der Waals surface area contributed by atoms with Crippen molar-refractivity contribution in [2.75, 3.05) is 6.61 Å². The fraction of sp³-hybridized carbons (Fsp3) is 0.500. The number of halogens is 1.